The highest BCUT2D eigenvalue weighted by atomic mass is 16.5. The van der Waals surface area contributed by atoms with Gasteiger partial charge in [-0.25, -0.2) is 4.79 Å². The zero-order chi connectivity index (χ0) is 19.2. The highest BCUT2D eigenvalue weighted by Crippen LogP contribution is 2.16. The Bertz CT molecular complexity index is 909. The van der Waals surface area contributed by atoms with E-state index >= 15 is 0 Å². The summed E-state index contributed by atoms with van der Waals surface area (Å²) >= 11 is 0. The van der Waals surface area contributed by atoms with Crippen LogP contribution in [0, 0.1) is 0 Å². The lowest BCUT2D eigenvalue weighted by atomic mass is 10.1. The van der Waals surface area contributed by atoms with Crippen molar-refractivity contribution < 1.29 is 9.53 Å². The van der Waals surface area contributed by atoms with Crippen LogP contribution in [0.1, 0.15) is 18.5 Å². The van der Waals surface area contributed by atoms with E-state index in [1.165, 1.54) is 10.9 Å². The lowest BCUT2D eigenvalue weighted by molar-refractivity contribution is -0.00164. The molecule has 1 saturated heterocycles. The molecule has 3 aromatic rings. The average Bonchev–Trinajstić information content (AvgIpc) is 3.16. The number of aromatic nitrogens is 2. The maximum Gasteiger partial charge on any atom is 0.317 e. The Kier molecular flexibility index (Phi) is 5.87. The van der Waals surface area contributed by atoms with E-state index in [9.17, 15) is 4.79 Å². The molecule has 0 unspecified atom stereocenters. The normalized spacial score (nSPS) is 17.0. The van der Waals surface area contributed by atoms with Crippen LogP contribution in [-0.4, -0.2) is 46.2 Å². The average molecular weight is 378 g/mol. The fraction of sp³-hybridized carbons (Fsp3) is 0.364. The van der Waals surface area contributed by atoms with Gasteiger partial charge in [-0.05, 0) is 42.5 Å². The van der Waals surface area contributed by atoms with Gasteiger partial charge in [-0.1, -0.05) is 24.3 Å². The van der Waals surface area contributed by atoms with Gasteiger partial charge >= 0.3 is 6.03 Å². The van der Waals surface area contributed by atoms with Gasteiger partial charge in [0.25, 0.3) is 0 Å². The minimum absolute atomic E-state index is 0.0115. The molecule has 28 heavy (non-hydrogen) atoms. The summed E-state index contributed by atoms with van der Waals surface area (Å²) in [7, 11) is 0. The lowest BCUT2D eigenvalue weighted by Gasteiger charge is -2.32. The third kappa shape index (κ3) is 4.51. The van der Waals surface area contributed by atoms with Gasteiger partial charge in [-0.2, -0.15) is 0 Å². The molecule has 1 aliphatic heterocycles. The predicted molar refractivity (Wildman–Crippen MR) is 109 cm³/mol. The SMILES string of the molecule is O=C(NCCn1ccc2ccccc21)N1CCC[C@H](OCc2ccccn2)C1. The Balaban J connectivity index is 1.24. The summed E-state index contributed by atoms with van der Waals surface area (Å²) < 4.78 is 8.14. The van der Waals surface area contributed by atoms with Crippen LogP contribution < -0.4 is 5.32 Å². The standard InChI is InChI=1S/C22H26N4O2/c27-22(24-12-15-25-14-10-18-6-1-2-9-21(18)25)26-13-5-8-20(16-26)28-17-19-7-3-4-11-23-19/h1-4,6-7,9-11,14,20H,5,8,12-13,15-17H2,(H,24,27)/t20-/m0/s1. The van der Waals surface area contributed by atoms with Crippen LogP contribution in [0.2, 0.25) is 0 Å². The van der Waals surface area contributed by atoms with Crippen molar-refractivity contribution in [2.75, 3.05) is 19.6 Å². The number of amides is 2. The molecule has 2 amide bonds. The number of piperidine rings is 1. The second-order valence-corrected chi connectivity index (χ2v) is 7.14. The maximum absolute atomic E-state index is 12.5. The number of carbonyl (C=O) groups is 1. The van der Waals surface area contributed by atoms with Crippen molar-refractivity contribution in [3.63, 3.8) is 0 Å². The van der Waals surface area contributed by atoms with Gasteiger partial charge in [-0.3, -0.25) is 4.98 Å². The number of rotatable bonds is 6. The van der Waals surface area contributed by atoms with E-state index in [-0.39, 0.29) is 12.1 Å². The van der Waals surface area contributed by atoms with Gasteiger partial charge in [0.2, 0.25) is 0 Å². The van der Waals surface area contributed by atoms with E-state index in [0.29, 0.717) is 19.7 Å². The molecule has 1 aliphatic rings. The third-order valence-electron chi connectivity index (χ3n) is 5.17. The first-order valence-corrected chi connectivity index (χ1v) is 9.88. The van der Waals surface area contributed by atoms with Crippen molar-refractivity contribution in [1.29, 1.82) is 0 Å². The van der Waals surface area contributed by atoms with E-state index in [4.69, 9.17) is 4.74 Å². The molecule has 146 valence electrons. The van der Waals surface area contributed by atoms with Crippen molar-refractivity contribution in [1.82, 2.24) is 19.8 Å². The van der Waals surface area contributed by atoms with Gasteiger partial charge in [0.05, 0.1) is 18.4 Å². The Labute approximate surface area is 165 Å². The molecule has 1 fully saturated rings. The minimum atomic E-state index is -0.0115. The maximum atomic E-state index is 12.5. The van der Waals surface area contributed by atoms with Crippen LogP contribution in [0.5, 0.6) is 0 Å². The van der Waals surface area contributed by atoms with Gasteiger partial charge in [0, 0.05) is 44.1 Å². The Morgan fingerprint density at radius 2 is 2.07 bits per heavy atom. The van der Waals surface area contributed by atoms with Gasteiger partial charge in [-0.15, -0.1) is 0 Å². The Morgan fingerprint density at radius 3 is 2.96 bits per heavy atom. The minimum Gasteiger partial charge on any atom is -0.370 e. The molecule has 0 radical (unpaired) electrons. The molecule has 3 heterocycles. The molecule has 0 saturated carbocycles. The summed E-state index contributed by atoms with van der Waals surface area (Å²) in [5.41, 5.74) is 2.11. The molecule has 0 bridgehead atoms. The number of urea groups is 1. The van der Waals surface area contributed by atoms with Crippen LogP contribution in [-0.2, 0) is 17.9 Å². The van der Waals surface area contributed by atoms with Gasteiger partial charge < -0.3 is 19.5 Å². The highest BCUT2D eigenvalue weighted by molar-refractivity contribution is 5.80. The molecule has 1 aromatic carbocycles. The number of benzene rings is 1. The molecular weight excluding hydrogens is 352 g/mol. The second kappa shape index (κ2) is 8.89. The molecular formula is C22H26N4O2. The molecule has 1 atom stereocenters. The summed E-state index contributed by atoms with van der Waals surface area (Å²) in [4.78, 5) is 18.7. The topological polar surface area (TPSA) is 59.4 Å². The number of nitrogens with one attached hydrogen (secondary N) is 1. The summed E-state index contributed by atoms with van der Waals surface area (Å²) in [6.07, 6.45) is 5.84. The van der Waals surface area contributed by atoms with Crippen LogP contribution >= 0.6 is 0 Å². The molecule has 6 heteroatoms. The number of ether oxygens (including phenoxy) is 1. The number of pyridine rings is 1. The van der Waals surface area contributed by atoms with E-state index in [1.807, 2.05) is 35.2 Å². The first-order chi connectivity index (χ1) is 13.8. The van der Waals surface area contributed by atoms with Crippen molar-refractivity contribution in [3.8, 4) is 0 Å². The third-order valence-corrected chi connectivity index (χ3v) is 5.17. The van der Waals surface area contributed by atoms with Crippen LogP contribution in [0.25, 0.3) is 10.9 Å². The van der Waals surface area contributed by atoms with Gasteiger partial charge in [0.15, 0.2) is 0 Å². The van der Waals surface area contributed by atoms with Crippen molar-refractivity contribution in [2.45, 2.75) is 32.1 Å². The molecule has 0 aliphatic carbocycles. The molecule has 2 aromatic heterocycles. The fourth-order valence-electron chi connectivity index (χ4n) is 3.68. The van der Waals surface area contributed by atoms with Crippen molar-refractivity contribution in [2.24, 2.45) is 0 Å². The van der Waals surface area contributed by atoms with E-state index in [0.717, 1.165) is 31.6 Å². The predicted octanol–water partition coefficient (Wildman–Crippen LogP) is 3.43. The van der Waals surface area contributed by atoms with Crippen LogP contribution in [0.4, 0.5) is 4.79 Å². The summed E-state index contributed by atoms with van der Waals surface area (Å²) in [5.74, 6) is 0. The lowest BCUT2D eigenvalue weighted by Crippen LogP contribution is -2.48. The van der Waals surface area contributed by atoms with E-state index in [1.54, 1.807) is 6.20 Å². The summed E-state index contributed by atoms with van der Waals surface area (Å²) in [5, 5.41) is 4.27. The fourth-order valence-corrected chi connectivity index (χ4v) is 3.68. The smallest absolute Gasteiger partial charge is 0.317 e. The quantitative estimate of drug-likeness (QED) is 0.715. The van der Waals surface area contributed by atoms with Crippen molar-refractivity contribution >= 4 is 16.9 Å². The van der Waals surface area contributed by atoms with Crippen molar-refractivity contribution in [3.05, 3.63) is 66.6 Å². The molecule has 4 rings (SSSR count). The number of hydrogen-bond donors (Lipinski definition) is 1. The zero-order valence-electron chi connectivity index (χ0n) is 16.0. The highest BCUT2D eigenvalue weighted by Gasteiger charge is 2.24. The number of fused-ring (bicyclic) bond motifs is 1. The zero-order valence-corrected chi connectivity index (χ0v) is 16.0. The number of hydrogen-bond acceptors (Lipinski definition) is 3. The van der Waals surface area contributed by atoms with E-state index in [2.05, 4.69) is 39.3 Å². The summed E-state index contributed by atoms with van der Waals surface area (Å²) in [6.45, 7) is 3.26. The van der Waals surface area contributed by atoms with Crippen LogP contribution in [0.3, 0.4) is 0 Å². The van der Waals surface area contributed by atoms with Crippen LogP contribution in [0.15, 0.2) is 60.9 Å². The van der Waals surface area contributed by atoms with E-state index < -0.39 is 0 Å². The van der Waals surface area contributed by atoms with Gasteiger partial charge in [0.1, 0.15) is 0 Å². The first-order valence-electron chi connectivity index (χ1n) is 9.88. The number of para-hydroxylation sites is 1. The molecule has 1 N–H and O–H groups in total. The molecule has 6 nitrogen and oxygen atoms in total. The Hall–Kier alpha value is -2.86. The Morgan fingerprint density at radius 1 is 1.18 bits per heavy atom. The number of nitrogens with zero attached hydrogens (tertiary/aromatic N) is 3. The largest absolute Gasteiger partial charge is 0.370 e. The molecule has 0 spiro atoms. The number of carbonyl (C=O) groups excluding carboxylic acids is 1. The first kappa shape index (κ1) is 18.5. The number of likely N-dealkylation sites (tertiary alicyclic amines) is 1. The monoisotopic (exact) mass is 378 g/mol. The second-order valence-electron chi connectivity index (χ2n) is 7.14. The summed E-state index contributed by atoms with van der Waals surface area (Å²) in [6, 6.07) is 16.2.